The Labute approximate surface area is 117 Å². The van der Waals surface area contributed by atoms with Gasteiger partial charge >= 0.3 is 0 Å². The number of nitrogens with two attached hydrogens (primary N) is 1. The van der Waals surface area contributed by atoms with E-state index in [9.17, 15) is 0 Å². The maximum atomic E-state index is 6.08. The smallest absolute Gasteiger partial charge is 0.0935 e. The Morgan fingerprint density at radius 2 is 1.80 bits per heavy atom. The summed E-state index contributed by atoms with van der Waals surface area (Å²) in [6.07, 6.45) is 1.85. The Bertz CT molecular complexity index is 790. The molecule has 3 aromatic rings. The summed E-state index contributed by atoms with van der Waals surface area (Å²) < 4.78 is 0. The number of rotatable bonds is 1. The zero-order valence-corrected chi connectivity index (χ0v) is 11.1. The third-order valence-corrected chi connectivity index (χ3v) is 3.97. The van der Waals surface area contributed by atoms with Crippen LogP contribution in [0.5, 0.6) is 0 Å². The van der Waals surface area contributed by atoms with E-state index in [0.717, 1.165) is 24.3 Å². The van der Waals surface area contributed by atoms with Gasteiger partial charge in [-0.05, 0) is 29.3 Å². The van der Waals surface area contributed by atoms with Gasteiger partial charge in [-0.1, -0.05) is 30.3 Å². The van der Waals surface area contributed by atoms with E-state index in [1.807, 2.05) is 24.4 Å². The van der Waals surface area contributed by atoms with Crippen molar-refractivity contribution in [3.8, 4) is 0 Å². The molecule has 0 saturated carbocycles. The standard InChI is InChI=1S/C17H15N3/c18-15-7-1-5-13-10-20(11-14(13)15)16-8-2-4-12-6-3-9-19-17(12)16/h1-9H,10-11,18H2. The van der Waals surface area contributed by atoms with Gasteiger partial charge < -0.3 is 10.6 Å². The Kier molecular flexibility index (Phi) is 2.39. The summed E-state index contributed by atoms with van der Waals surface area (Å²) in [6.45, 7) is 1.76. The van der Waals surface area contributed by atoms with Crippen LogP contribution in [0.25, 0.3) is 10.9 Å². The lowest BCUT2D eigenvalue weighted by Crippen LogP contribution is -2.15. The molecule has 0 atom stereocenters. The van der Waals surface area contributed by atoms with E-state index in [4.69, 9.17) is 5.73 Å². The third-order valence-electron chi connectivity index (χ3n) is 3.97. The number of anilines is 2. The van der Waals surface area contributed by atoms with Crippen molar-refractivity contribution in [2.24, 2.45) is 0 Å². The molecule has 4 rings (SSSR count). The lowest BCUT2D eigenvalue weighted by Gasteiger charge is -2.19. The van der Waals surface area contributed by atoms with Gasteiger partial charge in [-0.25, -0.2) is 0 Å². The number of aromatic nitrogens is 1. The summed E-state index contributed by atoms with van der Waals surface area (Å²) in [7, 11) is 0. The molecule has 1 aromatic heterocycles. The van der Waals surface area contributed by atoms with Gasteiger partial charge in [0, 0.05) is 30.4 Å². The van der Waals surface area contributed by atoms with Crippen LogP contribution in [0.3, 0.4) is 0 Å². The van der Waals surface area contributed by atoms with Crippen LogP contribution in [0.15, 0.2) is 54.7 Å². The van der Waals surface area contributed by atoms with Crippen molar-refractivity contribution in [1.29, 1.82) is 0 Å². The molecule has 2 N–H and O–H groups in total. The van der Waals surface area contributed by atoms with Gasteiger partial charge in [0.05, 0.1) is 11.2 Å². The van der Waals surface area contributed by atoms with Crippen molar-refractivity contribution in [2.75, 3.05) is 10.6 Å². The minimum atomic E-state index is 0.859. The minimum Gasteiger partial charge on any atom is -0.398 e. The number of fused-ring (bicyclic) bond motifs is 2. The van der Waals surface area contributed by atoms with Crippen molar-refractivity contribution in [2.45, 2.75) is 13.1 Å². The molecule has 0 saturated heterocycles. The molecule has 0 bridgehead atoms. The van der Waals surface area contributed by atoms with Gasteiger partial charge in [0.25, 0.3) is 0 Å². The van der Waals surface area contributed by atoms with Gasteiger partial charge in [-0.15, -0.1) is 0 Å². The summed E-state index contributed by atoms with van der Waals surface area (Å²) in [4.78, 5) is 6.88. The van der Waals surface area contributed by atoms with Crippen LogP contribution >= 0.6 is 0 Å². The lowest BCUT2D eigenvalue weighted by atomic mass is 10.1. The number of hydrogen-bond acceptors (Lipinski definition) is 3. The van der Waals surface area contributed by atoms with E-state index in [2.05, 4.69) is 40.2 Å². The van der Waals surface area contributed by atoms with Gasteiger partial charge in [0.1, 0.15) is 0 Å². The summed E-state index contributed by atoms with van der Waals surface area (Å²) in [6, 6.07) is 16.6. The molecule has 0 radical (unpaired) electrons. The van der Waals surface area contributed by atoms with Gasteiger partial charge in [-0.3, -0.25) is 4.98 Å². The minimum absolute atomic E-state index is 0.859. The quantitative estimate of drug-likeness (QED) is 0.683. The molecule has 1 aliphatic heterocycles. The predicted molar refractivity (Wildman–Crippen MR) is 82.5 cm³/mol. The highest BCUT2D eigenvalue weighted by molar-refractivity contribution is 5.91. The molecule has 0 spiro atoms. The Balaban J connectivity index is 1.81. The SMILES string of the molecule is Nc1cccc2c1CN(c1cccc3cccnc13)C2. The molecular formula is C17H15N3. The van der Waals surface area contributed by atoms with Crippen LogP contribution in [-0.2, 0) is 13.1 Å². The molecule has 2 aromatic carbocycles. The van der Waals surface area contributed by atoms with Crippen LogP contribution in [0, 0.1) is 0 Å². The maximum Gasteiger partial charge on any atom is 0.0935 e. The first kappa shape index (κ1) is 11.3. The number of hydrogen-bond donors (Lipinski definition) is 1. The van der Waals surface area contributed by atoms with Crippen LogP contribution in [-0.4, -0.2) is 4.98 Å². The van der Waals surface area contributed by atoms with E-state index in [0.29, 0.717) is 0 Å². The highest BCUT2D eigenvalue weighted by Gasteiger charge is 2.22. The topological polar surface area (TPSA) is 42.1 Å². The van der Waals surface area contributed by atoms with Gasteiger partial charge in [-0.2, -0.15) is 0 Å². The Morgan fingerprint density at radius 3 is 2.70 bits per heavy atom. The molecule has 0 unspecified atom stereocenters. The highest BCUT2D eigenvalue weighted by atomic mass is 15.2. The van der Waals surface area contributed by atoms with Crippen molar-refractivity contribution in [3.05, 3.63) is 65.9 Å². The normalized spacial score (nSPS) is 13.7. The Hall–Kier alpha value is -2.55. The second-order valence-corrected chi connectivity index (χ2v) is 5.19. The fraction of sp³-hybridized carbons (Fsp3) is 0.118. The lowest BCUT2D eigenvalue weighted by molar-refractivity contribution is 0.884. The first-order chi connectivity index (χ1) is 9.83. The second kappa shape index (κ2) is 4.23. The highest BCUT2D eigenvalue weighted by Crippen LogP contribution is 2.34. The zero-order valence-electron chi connectivity index (χ0n) is 11.1. The van der Waals surface area contributed by atoms with Gasteiger partial charge in [0.15, 0.2) is 0 Å². The number of nitrogens with zero attached hydrogens (tertiary/aromatic N) is 2. The monoisotopic (exact) mass is 261 g/mol. The molecule has 0 amide bonds. The van der Waals surface area contributed by atoms with Crippen LogP contribution in [0.4, 0.5) is 11.4 Å². The summed E-state index contributed by atoms with van der Waals surface area (Å²) in [5.74, 6) is 0. The Morgan fingerprint density at radius 1 is 0.950 bits per heavy atom. The average Bonchev–Trinajstić information content (AvgIpc) is 2.92. The largest absolute Gasteiger partial charge is 0.398 e. The van der Waals surface area contributed by atoms with Crippen molar-refractivity contribution >= 4 is 22.3 Å². The summed E-state index contributed by atoms with van der Waals surface area (Å²) in [5, 5.41) is 1.17. The zero-order chi connectivity index (χ0) is 13.5. The maximum absolute atomic E-state index is 6.08. The number of para-hydroxylation sites is 1. The van der Waals surface area contributed by atoms with Crippen LogP contribution < -0.4 is 10.6 Å². The summed E-state index contributed by atoms with van der Waals surface area (Å²) in [5.41, 5.74) is 11.8. The fourth-order valence-corrected chi connectivity index (χ4v) is 2.96. The number of nitrogen functional groups attached to an aromatic ring is 1. The molecule has 0 fully saturated rings. The van der Waals surface area contributed by atoms with Crippen LogP contribution in [0.2, 0.25) is 0 Å². The number of benzene rings is 2. The van der Waals surface area contributed by atoms with Crippen molar-refractivity contribution in [1.82, 2.24) is 4.98 Å². The van der Waals surface area contributed by atoms with Crippen LogP contribution in [0.1, 0.15) is 11.1 Å². The number of pyridine rings is 1. The van der Waals surface area contributed by atoms with Crippen molar-refractivity contribution in [3.63, 3.8) is 0 Å². The van der Waals surface area contributed by atoms with E-state index < -0.39 is 0 Å². The van der Waals surface area contributed by atoms with Gasteiger partial charge in [0.2, 0.25) is 0 Å². The van der Waals surface area contributed by atoms with Crippen molar-refractivity contribution < 1.29 is 0 Å². The fourth-order valence-electron chi connectivity index (χ4n) is 2.96. The second-order valence-electron chi connectivity index (χ2n) is 5.19. The molecule has 20 heavy (non-hydrogen) atoms. The molecule has 3 nitrogen and oxygen atoms in total. The molecule has 98 valence electrons. The van der Waals surface area contributed by atoms with E-state index >= 15 is 0 Å². The van der Waals surface area contributed by atoms with E-state index in [1.54, 1.807) is 0 Å². The van der Waals surface area contributed by atoms with E-state index in [1.165, 1.54) is 22.2 Å². The summed E-state index contributed by atoms with van der Waals surface area (Å²) >= 11 is 0. The molecule has 0 aliphatic carbocycles. The molecule has 1 aliphatic rings. The first-order valence-corrected chi connectivity index (χ1v) is 6.78. The molecular weight excluding hydrogens is 246 g/mol. The van der Waals surface area contributed by atoms with E-state index in [-0.39, 0.29) is 0 Å². The molecule has 3 heteroatoms. The predicted octanol–water partition coefficient (Wildman–Crippen LogP) is 3.34. The first-order valence-electron chi connectivity index (χ1n) is 6.78. The average molecular weight is 261 g/mol. The molecule has 2 heterocycles. The third kappa shape index (κ3) is 1.63.